The third-order valence-corrected chi connectivity index (χ3v) is 8.78. The van der Waals surface area contributed by atoms with Crippen LogP contribution in [-0.4, -0.2) is 39.9 Å². The zero-order valence-corrected chi connectivity index (χ0v) is 17.8. The van der Waals surface area contributed by atoms with E-state index in [-0.39, 0.29) is 11.3 Å². The number of anilines is 1. The highest BCUT2D eigenvalue weighted by atomic mass is 32.2. The molecule has 6 heteroatoms. The van der Waals surface area contributed by atoms with Crippen LogP contribution in [0.2, 0.25) is 0 Å². The quantitative estimate of drug-likeness (QED) is 0.761. The fourth-order valence-corrected chi connectivity index (χ4v) is 6.72. The van der Waals surface area contributed by atoms with Crippen LogP contribution < -0.4 is 10.0 Å². The Bertz CT molecular complexity index is 771. The number of nitrogens with one attached hydrogen (secondary N) is 2. The van der Waals surface area contributed by atoms with Crippen molar-refractivity contribution in [1.82, 2.24) is 9.62 Å². The maximum Gasteiger partial charge on any atom is 0.360 e. The normalized spacial score (nSPS) is 26.8. The van der Waals surface area contributed by atoms with E-state index in [2.05, 4.69) is 34.9 Å². The van der Waals surface area contributed by atoms with Crippen molar-refractivity contribution in [2.45, 2.75) is 76.5 Å². The number of hydrogen-bond donors (Lipinski definition) is 2. The Morgan fingerprint density at radius 2 is 1.79 bits per heavy atom. The van der Waals surface area contributed by atoms with Gasteiger partial charge >= 0.3 is 6.03 Å². The van der Waals surface area contributed by atoms with E-state index in [9.17, 15) is 9.35 Å². The number of nitrogens with zero attached hydrogens (tertiary/aromatic N) is 1. The number of aryl methyl sites for hydroxylation is 2. The largest absolute Gasteiger partial charge is 0.593 e. The number of urea groups is 1. The summed E-state index contributed by atoms with van der Waals surface area (Å²) in [4.78, 5) is 15.1. The van der Waals surface area contributed by atoms with Gasteiger partial charge in [0.05, 0.1) is 24.5 Å². The number of carbonyl (C=O) groups is 1. The zero-order chi connectivity index (χ0) is 19.5. The van der Waals surface area contributed by atoms with E-state index in [1.165, 1.54) is 35.1 Å². The highest BCUT2D eigenvalue weighted by Gasteiger charge is 2.49. The molecule has 2 atom stereocenters. The molecule has 0 aromatic heterocycles. The molecule has 1 saturated carbocycles. The lowest BCUT2D eigenvalue weighted by atomic mass is 9.66. The topological polar surface area (TPSA) is 67.4 Å². The molecular formula is C22H31N3O2S. The van der Waals surface area contributed by atoms with Crippen molar-refractivity contribution in [2.75, 3.05) is 18.4 Å². The molecule has 0 radical (unpaired) electrons. The van der Waals surface area contributed by atoms with Crippen LogP contribution in [0.15, 0.2) is 6.07 Å². The van der Waals surface area contributed by atoms with E-state index in [0.717, 1.165) is 57.3 Å². The van der Waals surface area contributed by atoms with E-state index in [1.54, 1.807) is 0 Å². The first-order valence-corrected chi connectivity index (χ1v) is 12.0. The van der Waals surface area contributed by atoms with Crippen LogP contribution in [0.3, 0.4) is 0 Å². The standard InChI is InChI=1S/C22H31N3O2S/c1-22(2)10-9-19(22)25-12-16(13-25)28(27)24-21(26)23-20-17-7-3-5-14(17)11-15-6-4-8-18(15)20/h11,16,19H,3-10,12-13H2,1-2H3,(H2,23,24,26). The molecule has 2 unspecified atom stereocenters. The summed E-state index contributed by atoms with van der Waals surface area (Å²) < 4.78 is 15.4. The van der Waals surface area contributed by atoms with Gasteiger partial charge < -0.3 is 9.87 Å². The average Bonchev–Trinajstić information content (AvgIpc) is 3.25. The van der Waals surface area contributed by atoms with Crippen LogP contribution in [-0.2, 0) is 37.0 Å². The van der Waals surface area contributed by atoms with E-state index >= 15 is 0 Å². The minimum atomic E-state index is -1.32. The van der Waals surface area contributed by atoms with Gasteiger partial charge in [-0.25, -0.2) is 4.79 Å². The van der Waals surface area contributed by atoms with Crippen LogP contribution in [0.5, 0.6) is 0 Å². The molecule has 1 aliphatic heterocycles. The summed E-state index contributed by atoms with van der Waals surface area (Å²) >= 11 is -1.32. The Kier molecular flexibility index (Phi) is 4.64. The summed E-state index contributed by atoms with van der Waals surface area (Å²) in [5, 5.41) is 3.14. The lowest BCUT2D eigenvalue weighted by Gasteiger charge is -2.55. The first-order chi connectivity index (χ1) is 13.4. The lowest BCUT2D eigenvalue weighted by Crippen LogP contribution is -2.66. The third-order valence-electron chi connectivity index (χ3n) is 7.49. The highest BCUT2D eigenvalue weighted by molar-refractivity contribution is 7.90. The Morgan fingerprint density at radius 3 is 2.32 bits per heavy atom. The number of benzene rings is 1. The molecule has 4 aliphatic rings. The second-order valence-corrected chi connectivity index (χ2v) is 11.2. The molecule has 2 fully saturated rings. The number of amides is 2. The molecular weight excluding hydrogens is 370 g/mol. The van der Waals surface area contributed by atoms with Crippen LogP contribution >= 0.6 is 0 Å². The van der Waals surface area contributed by atoms with Gasteiger partial charge in [-0.2, -0.15) is 4.72 Å². The summed E-state index contributed by atoms with van der Waals surface area (Å²) in [5.41, 5.74) is 6.81. The first kappa shape index (κ1) is 18.8. The van der Waals surface area contributed by atoms with Crippen LogP contribution in [0, 0.1) is 5.41 Å². The maximum atomic E-state index is 12.6. The molecule has 28 heavy (non-hydrogen) atoms. The Morgan fingerprint density at radius 1 is 1.14 bits per heavy atom. The number of hydrogen-bond acceptors (Lipinski definition) is 3. The molecule has 1 aromatic rings. The molecule has 1 aromatic carbocycles. The summed E-state index contributed by atoms with van der Waals surface area (Å²) in [6, 6.07) is 2.66. The van der Waals surface area contributed by atoms with Crippen molar-refractivity contribution in [3.63, 3.8) is 0 Å². The van der Waals surface area contributed by atoms with Gasteiger partial charge in [-0.05, 0) is 79.0 Å². The fourth-order valence-electron chi connectivity index (χ4n) is 5.67. The van der Waals surface area contributed by atoms with Crippen molar-refractivity contribution in [1.29, 1.82) is 0 Å². The highest BCUT2D eigenvalue weighted by Crippen LogP contribution is 2.45. The van der Waals surface area contributed by atoms with Gasteiger partial charge in [0.15, 0.2) is 5.25 Å². The lowest BCUT2D eigenvalue weighted by molar-refractivity contribution is -0.0315. The van der Waals surface area contributed by atoms with Gasteiger partial charge in [-0.1, -0.05) is 19.9 Å². The molecule has 0 bridgehead atoms. The van der Waals surface area contributed by atoms with Crippen LogP contribution in [0.4, 0.5) is 10.5 Å². The molecule has 2 N–H and O–H groups in total. The SMILES string of the molecule is CC1(C)CCC1N1CC([S+]([O-])NC(=O)Nc2c3c(cc4c2CCC4)CCC3)C1. The second kappa shape index (κ2) is 6.92. The Hall–Kier alpha value is -1.24. The zero-order valence-electron chi connectivity index (χ0n) is 17.0. The van der Waals surface area contributed by atoms with E-state index in [0.29, 0.717) is 11.5 Å². The predicted octanol–water partition coefficient (Wildman–Crippen LogP) is 3.32. The van der Waals surface area contributed by atoms with Crippen molar-refractivity contribution >= 4 is 23.1 Å². The van der Waals surface area contributed by atoms with Crippen molar-refractivity contribution in [2.24, 2.45) is 5.41 Å². The van der Waals surface area contributed by atoms with E-state index in [4.69, 9.17) is 0 Å². The number of fused-ring (bicyclic) bond motifs is 2. The van der Waals surface area contributed by atoms with Gasteiger partial charge in [0, 0.05) is 11.7 Å². The van der Waals surface area contributed by atoms with Crippen LogP contribution in [0.25, 0.3) is 0 Å². The third kappa shape index (κ3) is 3.14. The second-order valence-electron chi connectivity index (χ2n) is 9.71. The van der Waals surface area contributed by atoms with Crippen LogP contribution in [0.1, 0.15) is 61.8 Å². The number of likely N-dealkylation sites (tertiary alicyclic amines) is 1. The van der Waals surface area contributed by atoms with Gasteiger partial charge in [-0.3, -0.25) is 4.90 Å². The summed E-state index contributed by atoms with van der Waals surface area (Å²) in [6.45, 7) is 6.29. The molecule has 5 rings (SSSR count). The minimum absolute atomic E-state index is 0.0503. The fraction of sp³-hybridized carbons (Fsp3) is 0.682. The monoisotopic (exact) mass is 401 g/mol. The molecule has 152 valence electrons. The van der Waals surface area contributed by atoms with Gasteiger partial charge in [0.25, 0.3) is 0 Å². The smallest absolute Gasteiger partial charge is 0.360 e. The van der Waals surface area contributed by atoms with Crippen molar-refractivity contribution < 1.29 is 9.35 Å². The van der Waals surface area contributed by atoms with Gasteiger partial charge in [0.2, 0.25) is 0 Å². The predicted molar refractivity (Wildman–Crippen MR) is 113 cm³/mol. The average molecular weight is 402 g/mol. The molecule has 5 nitrogen and oxygen atoms in total. The first-order valence-electron chi connectivity index (χ1n) is 10.8. The van der Waals surface area contributed by atoms with Crippen molar-refractivity contribution in [3.05, 3.63) is 28.3 Å². The molecule has 0 spiro atoms. The molecule has 3 aliphatic carbocycles. The number of rotatable bonds is 4. The summed E-state index contributed by atoms with van der Waals surface area (Å²) in [6.07, 6.45) is 9.14. The Labute approximate surface area is 170 Å². The molecule has 2 amide bonds. The van der Waals surface area contributed by atoms with Gasteiger partial charge in [0.1, 0.15) is 0 Å². The maximum absolute atomic E-state index is 12.6. The number of carbonyl (C=O) groups excluding carboxylic acids is 1. The van der Waals surface area contributed by atoms with Crippen molar-refractivity contribution in [3.8, 4) is 0 Å². The van der Waals surface area contributed by atoms with E-state index in [1.807, 2.05) is 0 Å². The summed E-state index contributed by atoms with van der Waals surface area (Å²) in [5.74, 6) is 0. The van der Waals surface area contributed by atoms with E-state index < -0.39 is 11.4 Å². The summed E-state index contributed by atoms with van der Waals surface area (Å²) in [7, 11) is 0. The molecule has 1 heterocycles. The Balaban J connectivity index is 1.20. The molecule has 1 saturated heterocycles. The minimum Gasteiger partial charge on any atom is -0.593 e. The van der Waals surface area contributed by atoms with Gasteiger partial charge in [-0.15, -0.1) is 0 Å².